The Bertz CT molecular complexity index is 812. The van der Waals surface area contributed by atoms with Crippen LogP contribution in [0.5, 0.6) is 0 Å². The average molecular weight is 338 g/mol. The lowest BCUT2D eigenvalue weighted by molar-refractivity contribution is -0.122. The Balaban J connectivity index is 1.99. The zero-order chi connectivity index (χ0) is 17.1. The minimum absolute atomic E-state index is 0.0120. The van der Waals surface area contributed by atoms with Crippen LogP contribution in [0.25, 0.3) is 6.08 Å². The summed E-state index contributed by atoms with van der Waals surface area (Å²) in [6.45, 7) is 2.04. The SMILES string of the molecule is CNC(=O)CN1C(=O)C(=Cc2ccc(C)cc2)Sc2ccccc21. The van der Waals surface area contributed by atoms with Crippen molar-refractivity contribution in [2.75, 3.05) is 18.5 Å². The highest BCUT2D eigenvalue weighted by molar-refractivity contribution is 8.04. The Kier molecular flexibility index (Phi) is 4.71. The number of hydrogen-bond acceptors (Lipinski definition) is 3. The van der Waals surface area contributed by atoms with Crippen molar-refractivity contribution in [2.24, 2.45) is 0 Å². The number of likely N-dealkylation sites (N-methyl/N-ethyl adjacent to an activating group) is 1. The van der Waals surface area contributed by atoms with E-state index in [1.54, 1.807) is 7.05 Å². The van der Waals surface area contributed by atoms with Crippen LogP contribution in [0.2, 0.25) is 0 Å². The Morgan fingerprint density at radius 2 is 1.88 bits per heavy atom. The van der Waals surface area contributed by atoms with Gasteiger partial charge in [-0.05, 0) is 30.7 Å². The van der Waals surface area contributed by atoms with Gasteiger partial charge in [0.15, 0.2) is 0 Å². The van der Waals surface area contributed by atoms with Crippen molar-refractivity contribution in [1.82, 2.24) is 5.32 Å². The summed E-state index contributed by atoms with van der Waals surface area (Å²) in [7, 11) is 1.57. The van der Waals surface area contributed by atoms with Crippen molar-refractivity contribution in [2.45, 2.75) is 11.8 Å². The van der Waals surface area contributed by atoms with Gasteiger partial charge in [0.25, 0.3) is 5.91 Å². The summed E-state index contributed by atoms with van der Waals surface area (Å²) in [5.41, 5.74) is 2.92. The molecular formula is C19H18N2O2S. The smallest absolute Gasteiger partial charge is 0.265 e. The van der Waals surface area contributed by atoms with Crippen LogP contribution in [0.4, 0.5) is 5.69 Å². The third-order valence-corrected chi connectivity index (χ3v) is 4.87. The zero-order valence-corrected chi connectivity index (χ0v) is 14.4. The molecular weight excluding hydrogens is 320 g/mol. The number of thioether (sulfide) groups is 1. The van der Waals surface area contributed by atoms with Gasteiger partial charge in [-0.1, -0.05) is 53.7 Å². The van der Waals surface area contributed by atoms with E-state index in [0.29, 0.717) is 4.91 Å². The second-order valence-electron chi connectivity index (χ2n) is 5.55. The number of nitrogens with zero attached hydrogens (tertiary/aromatic N) is 1. The number of rotatable bonds is 3. The fraction of sp³-hybridized carbons (Fsp3) is 0.158. The van der Waals surface area contributed by atoms with E-state index >= 15 is 0 Å². The number of carbonyl (C=O) groups excluding carboxylic acids is 2. The van der Waals surface area contributed by atoms with E-state index in [9.17, 15) is 9.59 Å². The van der Waals surface area contributed by atoms with Gasteiger partial charge >= 0.3 is 0 Å². The Morgan fingerprint density at radius 3 is 2.58 bits per heavy atom. The van der Waals surface area contributed by atoms with E-state index in [1.165, 1.54) is 22.2 Å². The quantitative estimate of drug-likeness (QED) is 0.874. The van der Waals surface area contributed by atoms with Gasteiger partial charge in [0.05, 0.1) is 10.6 Å². The molecule has 0 atom stereocenters. The number of carbonyl (C=O) groups is 2. The normalized spacial score (nSPS) is 15.3. The number of hydrogen-bond donors (Lipinski definition) is 1. The van der Waals surface area contributed by atoms with E-state index in [2.05, 4.69) is 5.32 Å². The van der Waals surface area contributed by atoms with Gasteiger partial charge in [-0.3, -0.25) is 14.5 Å². The molecule has 24 heavy (non-hydrogen) atoms. The molecule has 1 heterocycles. The van der Waals surface area contributed by atoms with Gasteiger partial charge in [0, 0.05) is 11.9 Å². The summed E-state index contributed by atoms with van der Waals surface area (Å²) in [5, 5.41) is 2.58. The zero-order valence-electron chi connectivity index (χ0n) is 13.6. The van der Waals surface area contributed by atoms with Crippen molar-refractivity contribution in [1.29, 1.82) is 0 Å². The van der Waals surface area contributed by atoms with Crippen molar-refractivity contribution in [3.8, 4) is 0 Å². The number of benzene rings is 2. The van der Waals surface area contributed by atoms with Crippen LogP contribution >= 0.6 is 11.8 Å². The molecule has 0 unspecified atom stereocenters. The van der Waals surface area contributed by atoms with E-state index in [-0.39, 0.29) is 18.4 Å². The number of anilines is 1. The molecule has 1 N–H and O–H groups in total. The van der Waals surface area contributed by atoms with Crippen molar-refractivity contribution >= 4 is 35.3 Å². The second kappa shape index (κ2) is 6.93. The molecule has 2 aromatic carbocycles. The topological polar surface area (TPSA) is 49.4 Å². The molecule has 0 saturated heterocycles. The molecule has 2 amide bonds. The van der Waals surface area contributed by atoms with Gasteiger partial charge in [-0.2, -0.15) is 0 Å². The molecule has 5 heteroatoms. The highest BCUT2D eigenvalue weighted by Gasteiger charge is 2.30. The first-order chi connectivity index (χ1) is 11.6. The van der Waals surface area contributed by atoms with Crippen LogP contribution in [0.3, 0.4) is 0 Å². The first kappa shape index (κ1) is 16.3. The number of amides is 2. The Hall–Kier alpha value is -2.53. The molecule has 0 saturated carbocycles. The molecule has 0 radical (unpaired) electrons. The third-order valence-electron chi connectivity index (χ3n) is 3.79. The Labute approximate surface area is 145 Å². The number of aryl methyl sites for hydroxylation is 1. The van der Waals surface area contributed by atoms with Crippen LogP contribution in [-0.4, -0.2) is 25.4 Å². The van der Waals surface area contributed by atoms with E-state index in [4.69, 9.17) is 0 Å². The highest BCUT2D eigenvalue weighted by Crippen LogP contribution is 2.41. The maximum absolute atomic E-state index is 12.9. The van der Waals surface area contributed by atoms with Crippen LogP contribution in [-0.2, 0) is 9.59 Å². The molecule has 122 valence electrons. The van der Waals surface area contributed by atoms with Gasteiger partial charge in [0.2, 0.25) is 5.91 Å². The summed E-state index contributed by atoms with van der Waals surface area (Å²) < 4.78 is 0. The molecule has 0 aromatic heterocycles. The fourth-order valence-electron chi connectivity index (χ4n) is 2.46. The molecule has 4 nitrogen and oxygen atoms in total. The predicted molar refractivity (Wildman–Crippen MR) is 97.9 cm³/mol. The van der Waals surface area contributed by atoms with E-state index in [0.717, 1.165) is 16.1 Å². The Morgan fingerprint density at radius 1 is 1.17 bits per heavy atom. The summed E-state index contributed by atoms with van der Waals surface area (Å²) in [5.74, 6) is -0.345. The summed E-state index contributed by atoms with van der Waals surface area (Å²) in [6.07, 6.45) is 1.87. The van der Waals surface area contributed by atoms with Crippen LogP contribution in [0.15, 0.2) is 58.3 Å². The van der Waals surface area contributed by atoms with Crippen LogP contribution in [0, 0.1) is 6.92 Å². The van der Waals surface area contributed by atoms with Crippen LogP contribution < -0.4 is 10.2 Å². The van der Waals surface area contributed by atoms with Gasteiger partial charge in [0.1, 0.15) is 6.54 Å². The van der Waals surface area contributed by atoms with Crippen molar-refractivity contribution in [3.63, 3.8) is 0 Å². The number of para-hydroxylation sites is 1. The lowest BCUT2D eigenvalue weighted by Gasteiger charge is -2.29. The fourth-order valence-corrected chi connectivity index (χ4v) is 3.51. The largest absolute Gasteiger partial charge is 0.358 e. The first-order valence-corrected chi connectivity index (χ1v) is 8.48. The average Bonchev–Trinajstić information content (AvgIpc) is 2.60. The monoisotopic (exact) mass is 338 g/mol. The van der Waals surface area contributed by atoms with Crippen molar-refractivity contribution in [3.05, 3.63) is 64.6 Å². The number of nitrogens with one attached hydrogen (secondary N) is 1. The molecule has 0 fully saturated rings. The third kappa shape index (κ3) is 3.36. The molecule has 2 aromatic rings. The summed E-state index contributed by atoms with van der Waals surface area (Å²) >= 11 is 1.44. The van der Waals surface area contributed by atoms with Gasteiger partial charge in [-0.25, -0.2) is 0 Å². The van der Waals surface area contributed by atoms with Gasteiger partial charge < -0.3 is 5.32 Å². The predicted octanol–water partition coefficient (Wildman–Crippen LogP) is 3.22. The molecule has 0 spiro atoms. The molecule has 0 bridgehead atoms. The maximum Gasteiger partial charge on any atom is 0.265 e. The second-order valence-corrected chi connectivity index (χ2v) is 6.64. The highest BCUT2D eigenvalue weighted by atomic mass is 32.2. The minimum atomic E-state index is -0.195. The summed E-state index contributed by atoms with van der Waals surface area (Å²) in [4.78, 5) is 27.8. The lowest BCUT2D eigenvalue weighted by Crippen LogP contribution is -2.41. The molecule has 1 aliphatic rings. The summed E-state index contributed by atoms with van der Waals surface area (Å²) in [6, 6.07) is 15.6. The maximum atomic E-state index is 12.9. The van der Waals surface area contributed by atoms with Gasteiger partial charge in [-0.15, -0.1) is 0 Å². The van der Waals surface area contributed by atoms with E-state index in [1.807, 2.05) is 61.5 Å². The van der Waals surface area contributed by atoms with E-state index < -0.39 is 0 Å². The standard InChI is InChI=1S/C19H18N2O2S/c1-13-7-9-14(10-8-13)11-17-19(23)21(12-18(22)20-2)15-5-3-4-6-16(15)24-17/h3-11H,12H2,1-2H3,(H,20,22). The molecule has 1 aliphatic heterocycles. The minimum Gasteiger partial charge on any atom is -0.358 e. The van der Waals surface area contributed by atoms with Crippen molar-refractivity contribution < 1.29 is 9.59 Å². The van der Waals surface area contributed by atoms with Crippen LogP contribution in [0.1, 0.15) is 11.1 Å². The molecule has 3 rings (SSSR count). The number of fused-ring (bicyclic) bond motifs is 1. The first-order valence-electron chi connectivity index (χ1n) is 7.66. The lowest BCUT2D eigenvalue weighted by atomic mass is 10.1. The molecule has 0 aliphatic carbocycles.